The first-order valence-electron chi connectivity index (χ1n) is 9.73. The lowest BCUT2D eigenvalue weighted by molar-refractivity contribution is -0.115. The summed E-state index contributed by atoms with van der Waals surface area (Å²) in [6, 6.07) is 27.4. The van der Waals surface area contributed by atoms with Crippen LogP contribution in [-0.2, 0) is 4.79 Å². The van der Waals surface area contributed by atoms with Crippen molar-refractivity contribution in [3.63, 3.8) is 0 Å². The standard InChI is InChI=1S/C24H19BrN4OS/c25-19-11-13-20(14-12-19)26-21(30)15-16-31-24-27-22(17-7-3-1-4-8-17)23(28-29-24)18-9-5-2-6-10-18/h1-14H,15-16H2,(H,26,30). The molecule has 0 aliphatic carbocycles. The first-order valence-corrected chi connectivity index (χ1v) is 11.5. The molecule has 0 radical (unpaired) electrons. The second-order valence-electron chi connectivity index (χ2n) is 6.68. The Morgan fingerprint density at radius 2 is 1.42 bits per heavy atom. The Bertz CT molecular complexity index is 1160. The molecule has 0 saturated carbocycles. The zero-order valence-electron chi connectivity index (χ0n) is 16.5. The third kappa shape index (κ3) is 5.77. The summed E-state index contributed by atoms with van der Waals surface area (Å²) in [6.07, 6.45) is 0.352. The van der Waals surface area contributed by atoms with Crippen molar-refractivity contribution in [2.24, 2.45) is 0 Å². The predicted molar refractivity (Wildman–Crippen MR) is 129 cm³/mol. The van der Waals surface area contributed by atoms with Gasteiger partial charge in [-0.1, -0.05) is 88.4 Å². The van der Waals surface area contributed by atoms with Crippen molar-refractivity contribution >= 4 is 39.3 Å². The number of rotatable bonds is 7. The van der Waals surface area contributed by atoms with Crippen LogP contribution in [0.3, 0.4) is 0 Å². The van der Waals surface area contributed by atoms with Gasteiger partial charge in [-0.15, -0.1) is 10.2 Å². The molecule has 1 N–H and O–H groups in total. The van der Waals surface area contributed by atoms with E-state index >= 15 is 0 Å². The molecule has 0 saturated heterocycles. The largest absolute Gasteiger partial charge is 0.326 e. The summed E-state index contributed by atoms with van der Waals surface area (Å²) in [6.45, 7) is 0. The topological polar surface area (TPSA) is 67.8 Å². The molecule has 1 aromatic heterocycles. The van der Waals surface area contributed by atoms with E-state index in [9.17, 15) is 4.79 Å². The molecular weight excluding hydrogens is 472 g/mol. The summed E-state index contributed by atoms with van der Waals surface area (Å²) in [5.41, 5.74) is 4.24. The van der Waals surface area contributed by atoms with Gasteiger partial charge < -0.3 is 5.32 Å². The first kappa shape index (κ1) is 21.2. The van der Waals surface area contributed by atoms with E-state index in [2.05, 4.69) is 31.4 Å². The number of nitrogens with one attached hydrogen (secondary N) is 1. The minimum atomic E-state index is -0.0491. The van der Waals surface area contributed by atoms with Crippen molar-refractivity contribution in [1.29, 1.82) is 0 Å². The van der Waals surface area contributed by atoms with Crippen molar-refractivity contribution in [2.45, 2.75) is 11.6 Å². The number of halogens is 1. The first-order chi connectivity index (χ1) is 15.2. The monoisotopic (exact) mass is 490 g/mol. The lowest BCUT2D eigenvalue weighted by Crippen LogP contribution is -2.12. The van der Waals surface area contributed by atoms with Crippen LogP contribution in [0.4, 0.5) is 5.69 Å². The van der Waals surface area contributed by atoms with Gasteiger partial charge >= 0.3 is 0 Å². The third-order valence-electron chi connectivity index (χ3n) is 4.45. The minimum Gasteiger partial charge on any atom is -0.326 e. The number of anilines is 1. The Labute approximate surface area is 193 Å². The summed E-state index contributed by atoms with van der Waals surface area (Å²) >= 11 is 4.81. The predicted octanol–water partition coefficient (Wildman–Crippen LogP) is 6.09. The Morgan fingerprint density at radius 3 is 2.06 bits per heavy atom. The summed E-state index contributed by atoms with van der Waals surface area (Å²) in [7, 11) is 0. The van der Waals surface area contributed by atoms with Gasteiger partial charge in [0.25, 0.3) is 0 Å². The van der Waals surface area contributed by atoms with Gasteiger partial charge in [-0.05, 0) is 24.3 Å². The van der Waals surface area contributed by atoms with E-state index in [0.29, 0.717) is 17.3 Å². The summed E-state index contributed by atoms with van der Waals surface area (Å²) in [4.78, 5) is 17.0. The van der Waals surface area contributed by atoms with Crippen LogP contribution < -0.4 is 5.32 Å². The molecule has 0 bridgehead atoms. The molecule has 7 heteroatoms. The molecule has 31 heavy (non-hydrogen) atoms. The third-order valence-corrected chi connectivity index (χ3v) is 5.82. The number of benzene rings is 3. The number of amides is 1. The fourth-order valence-electron chi connectivity index (χ4n) is 2.95. The fraction of sp³-hybridized carbons (Fsp3) is 0.0833. The highest BCUT2D eigenvalue weighted by Crippen LogP contribution is 2.29. The van der Waals surface area contributed by atoms with Gasteiger partial charge in [-0.3, -0.25) is 4.79 Å². The van der Waals surface area contributed by atoms with Crippen LogP contribution in [0, 0.1) is 0 Å². The van der Waals surface area contributed by atoms with Gasteiger partial charge in [0.05, 0.1) is 0 Å². The maximum absolute atomic E-state index is 12.2. The number of hydrogen-bond acceptors (Lipinski definition) is 5. The highest BCUT2D eigenvalue weighted by Gasteiger charge is 2.14. The highest BCUT2D eigenvalue weighted by atomic mass is 79.9. The molecule has 0 unspecified atom stereocenters. The number of carbonyl (C=O) groups excluding carboxylic acids is 1. The Hall–Kier alpha value is -3.03. The molecule has 0 aliphatic heterocycles. The van der Waals surface area contributed by atoms with E-state index in [1.807, 2.05) is 84.9 Å². The molecule has 0 spiro atoms. The lowest BCUT2D eigenvalue weighted by Gasteiger charge is -2.09. The number of nitrogens with zero attached hydrogens (tertiary/aromatic N) is 3. The zero-order chi connectivity index (χ0) is 21.5. The maximum Gasteiger partial charge on any atom is 0.225 e. The van der Waals surface area contributed by atoms with Crippen LogP contribution in [0.1, 0.15) is 6.42 Å². The van der Waals surface area contributed by atoms with E-state index in [0.717, 1.165) is 32.7 Å². The zero-order valence-corrected chi connectivity index (χ0v) is 18.9. The van der Waals surface area contributed by atoms with Crippen molar-refractivity contribution in [3.05, 3.63) is 89.4 Å². The van der Waals surface area contributed by atoms with Gasteiger partial charge in [-0.2, -0.15) is 0 Å². The molecule has 1 amide bonds. The SMILES string of the molecule is O=C(CCSc1nnc(-c2ccccc2)c(-c2ccccc2)n1)Nc1ccc(Br)cc1. The van der Waals surface area contributed by atoms with E-state index in [-0.39, 0.29) is 5.91 Å². The summed E-state index contributed by atoms with van der Waals surface area (Å²) < 4.78 is 0.971. The van der Waals surface area contributed by atoms with Gasteiger partial charge in [0.1, 0.15) is 11.4 Å². The smallest absolute Gasteiger partial charge is 0.225 e. The second kappa shape index (κ2) is 10.3. The average molecular weight is 491 g/mol. The number of thioether (sulfide) groups is 1. The van der Waals surface area contributed by atoms with Crippen LogP contribution in [0.15, 0.2) is 94.6 Å². The second-order valence-corrected chi connectivity index (χ2v) is 8.65. The van der Waals surface area contributed by atoms with E-state index in [1.54, 1.807) is 0 Å². The Kier molecular flexibility index (Phi) is 7.07. The van der Waals surface area contributed by atoms with Crippen molar-refractivity contribution < 1.29 is 4.79 Å². The fourth-order valence-corrected chi connectivity index (χ4v) is 3.94. The minimum absolute atomic E-state index is 0.0491. The van der Waals surface area contributed by atoms with E-state index in [1.165, 1.54) is 11.8 Å². The van der Waals surface area contributed by atoms with Crippen LogP contribution in [-0.4, -0.2) is 26.8 Å². The molecule has 154 valence electrons. The van der Waals surface area contributed by atoms with Crippen molar-refractivity contribution in [3.8, 4) is 22.5 Å². The molecule has 4 aromatic rings. The molecule has 3 aromatic carbocycles. The number of aromatic nitrogens is 3. The van der Waals surface area contributed by atoms with Gasteiger partial charge in [0.2, 0.25) is 11.1 Å². The van der Waals surface area contributed by atoms with Crippen LogP contribution in [0.2, 0.25) is 0 Å². The summed E-state index contributed by atoms with van der Waals surface area (Å²) in [5, 5.41) is 12.2. The van der Waals surface area contributed by atoms with E-state index < -0.39 is 0 Å². The molecule has 1 heterocycles. The van der Waals surface area contributed by atoms with Gasteiger partial charge in [-0.25, -0.2) is 4.98 Å². The summed E-state index contributed by atoms with van der Waals surface area (Å²) in [5.74, 6) is 0.509. The van der Waals surface area contributed by atoms with E-state index in [4.69, 9.17) is 4.98 Å². The van der Waals surface area contributed by atoms with Gasteiger partial charge in [0.15, 0.2) is 0 Å². The molecule has 0 aliphatic rings. The van der Waals surface area contributed by atoms with Crippen LogP contribution >= 0.6 is 27.7 Å². The molecule has 0 atom stereocenters. The maximum atomic E-state index is 12.2. The number of carbonyl (C=O) groups is 1. The Balaban J connectivity index is 1.46. The average Bonchev–Trinajstić information content (AvgIpc) is 2.82. The van der Waals surface area contributed by atoms with Crippen molar-refractivity contribution in [1.82, 2.24) is 15.2 Å². The molecule has 5 nitrogen and oxygen atoms in total. The van der Waals surface area contributed by atoms with Crippen LogP contribution in [0.5, 0.6) is 0 Å². The molecule has 4 rings (SSSR count). The quantitative estimate of drug-likeness (QED) is 0.317. The highest BCUT2D eigenvalue weighted by molar-refractivity contribution is 9.10. The van der Waals surface area contributed by atoms with Crippen molar-refractivity contribution in [2.75, 3.05) is 11.1 Å². The van der Waals surface area contributed by atoms with Gasteiger partial charge in [0, 0.05) is 33.5 Å². The lowest BCUT2D eigenvalue weighted by atomic mass is 10.0. The molecular formula is C24H19BrN4OS. The number of hydrogen-bond donors (Lipinski definition) is 1. The molecule has 0 fully saturated rings. The Morgan fingerprint density at radius 1 is 0.806 bits per heavy atom. The normalized spacial score (nSPS) is 10.6. The van der Waals surface area contributed by atoms with Crippen LogP contribution in [0.25, 0.3) is 22.5 Å².